The van der Waals surface area contributed by atoms with Crippen molar-refractivity contribution in [1.82, 2.24) is 19.4 Å². The third kappa shape index (κ3) is 6.83. The van der Waals surface area contributed by atoms with Gasteiger partial charge in [0.2, 0.25) is 5.91 Å². The molecular formula is C22H27N5O5S. The van der Waals surface area contributed by atoms with Crippen molar-refractivity contribution >= 4 is 45.3 Å². The summed E-state index contributed by atoms with van der Waals surface area (Å²) in [4.78, 5) is 41.6. The van der Waals surface area contributed by atoms with E-state index in [2.05, 4.69) is 49.9 Å². The van der Waals surface area contributed by atoms with E-state index in [4.69, 9.17) is 19.8 Å². The van der Waals surface area contributed by atoms with Gasteiger partial charge in [-0.05, 0) is 57.8 Å². The molecule has 3 N–H and O–H groups in total. The summed E-state index contributed by atoms with van der Waals surface area (Å²) in [6.07, 6.45) is 2.21. The van der Waals surface area contributed by atoms with Gasteiger partial charge in [0.15, 0.2) is 5.13 Å². The summed E-state index contributed by atoms with van der Waals surface area (Å²) < 4.78 is 2.34. The van der Waals surface area contributed by atoms with E-state index in [0.29, 0.717) is 17.6 Å². The number of amides is 1. The first-order valence-electron chi connectivity index (χ1n) is 10.6. The van der Waals surface area contributed by atoms with Gasteiger partial charge in [-0.3, -0.25) is 9.69 Å². The molecule has 1 aromatic carbocycles. The molecule has 0 bridgehead atoms. The molecule has 4 rings (SSSR count). The number of imidazole rings is 1. The molecule has 0 saturated carbocycles. The fraction of sp³-hybridized carbons (Fsp3) is 0.409. The van der Waals surface area contributed by atoms with Crippen LogP contribution in [0.3, 0.4) is 0 Å². The van der Waals surface area contributed by atoms with Crippen LogP contribution in [0, 0.1) is 19.8 Å². The van der Waals surface area contributed by atoms with Gasteiger partial charge in [-0.25, -0.2) is 19.6 Å². The highest BCUT2D eigenvalue weighted by molar-refractivity contribution is 7.13. The number of carbonyl (C=O) groups is 3. The molecule has 0 aliphatic carbocycles. The molecule has 1 aliphatic heterocycles. The zero-order valence-corrected chi connectivity index (χ0v) is 19.3. The van der Waals surface area contributed by atoms with Gasteiger partial charge in [-0.2, -0.15) is 0 Å². The summed E-state index contributed by atoms with van der Waals surface area (Å²) in [7, 11) is 0. The maximum Gasteiger partial charge on any atom is 0.414 e. The van der Waals surface area contributed by atoms with Crippen molar-refractivity contribution in [3.8, 4) is 0 Å². The summed E-state index contributed by atoms with van der Waals surface area (Å²) in [6.45, 7) is 7.38. The Morgan fingerprint density at radius 3 is 2.36 bits per heavy atom. The predicted molar refractivity (Wildman–Crippen MR) is 124 cm³/mol. The Hall–Kier alpha value is -3.31. The number of carboxylic acids is 2. The Morgan fingerprint density at radius 2 is 1.76 bits per heavy atom. The lowest BCUT2D eigenvalue weighted by Crippen LogP contribution is -2.40. The van der Waals surface area contributed by atoms with Crippen LogP contribution in [0.4, 0.5) is 5.13 Å². The molecule has 0 radical (unpaired) electrons. The number of aromatic nitrogens is 3. The number of likely N-dealkylation sites (tertiary alicyclic amines) is 1. The number of fused-ring (bicyclic) bond motifs is 1. The number of para-hydroxylation sites is 2. The average molecular weight is 474 g/mol. The average Bonchev–Trinajstić information content (AvgIpc) is 3.32. The van der Waals surface area contributed by atoms with Gasteiger partial charge in [-0.1, -0.05) is 12.1 Å². The van der Waals surface area contributed by atoms with Gasteiger partial charge in [0.05, 0.1) is 23.3 Å². The van der Waals surface area contributed by atoms with E-state index >= 15 is 0 Å². The molecule has 0 atom stereocenters. The summed E-state index contributed by atoms with van der Waals surface area (Å²) >= 11 is 1.47. The van der Waals surface area contributed by atoms with E-state index in [1.807, 2.05) is 18.4 Å². The molecule has 1 amide bonds. The zero-order valence-electron chi connectivity index (χ0n) is 18.5. The van der Waals surface area contributed by atoms with Crippen LogP contribution in [0.1, 0.15) is 24.4 Å². The number of piperidine rings is 1. The molecule has 3 heterocycles. The van der Waals surface area contributed by atoms with Crippen LogP contribution < -0.4 is 5.32 Å². The number of hydrogen-bond acceptors (Lipinski definition) is 7. The number of rotatable bonds is 5. The second-order valence-electron chi connectivity index (χ2n) is 7.93. The normalized spacial score (nSPS) is 14.5. The van der Waals surface area contributed by atoms with Crippen molar-refractivity contribution in [3.63, 3.8) is 0 Å². The van der Waals surface area contributed by atoms with Crippen LogP contribution >= 0.6 is 11.3 Å². The second-order valence-corrected chi connectivity index (χ2v) is 8.79. The van der Waals surface area contributed by atoms with Gasteiger partial charge in [0.1, 0.15) is 5.82 Å². The summed E-state index contributed by atoms with van der Waals surface area (Å²) in [6, 6.07) is 8.33. The number of anilines is 1. The van der Waals surface area contributed by atoms with Gasteiger partial charge in [0.25, 0.3) is 0 Å². The van der Waals surface area contributed by atoms with Crippen LogP contribution in [0.15, 0.2) is 29.6 Å². The fourth-order valence-electron chi connectivity index (χ4n) is 3.79. The van der Waals surface area contributed by atoms with Gasteiger partial charge in [-0.15, -0.1) is 11.3 Å². The third-order valence-electron chi connectivity index (χ3n) is 5.41. The minimum Gasteiger partial charge on any atom is -0.473 e. The first kappa shape index (κ1) is 24.3. The second kappa shape index (κ2) is 11.0. The molecule has 1 aliphatic rings. The Kier molecular flexibility index (Phi) is 8.12. The summed E-state index contributed by atoms with van der Waals surface area (Å²) in [5.41, 5.74) is 3.23. The number of aryl methyl sites for hydroxylation is 2. The molecule has 1 fully saturated rings. The molecule has 0 unspecified atom stereocenters. The monoisotopic (exact) mass is 473 g/mol. The number of thiazole rings is 1. The third-order valence-corrected chi connectivity index (χ3v) is 6.28. The lowest BCUT2D eigenvalue weighted by molar-refractivity contribution is -0.159. The van der Waals surface area contributed by atoms with Crippen molar-refractivity contribution in [1.29, 1.82) is 0 Å². The van der Waals surface area contributed by atoms with Gasteiger partial charge < -0.3 is 20.1 Å². The highest BCUT2D eigenvalue weighted by Crippen LogP contribution is 2.23. The van der Waals surface area contributed by atoms with Crippen LogP contribution in [0.2, 0.25) is 0 Å². The molecule has 3 aromatic rings. The molecule has 10 nitrogen and oxygen atoms in total. The standard InChI is InChI=1S/C20H25N5OS.C2H2O4/c1-14-13-27-20(21-14)23-19(26)12-24-9-7-16(8-10-24)11-25-15(2)22-17-5-3-4-6-18(17)25;3-1(4)2(5)6/h3-6,13,16H,7-12H2,1-2H3,(H,21,23,26);(H,3,4)(H,5,6). The minimum atomic E-state index is -1.82. The number of aliphatic carboxylic acids is 2. The molecule has 0 spiro atoms. The maximum absolute atomic E-state index is 12.2. The van der Waals surface area contributed by atoms with Crippen molar-refractivity contribution in [2.45, 2.75) is 33.2 Å². The maximum atomic E-state index is 12.2. The van der Waals surface area contributed by atoms with E-state index < -0.39 is 11.9 Å². The number of hydrogen-bond donors (Lipinski definition) is 3. The van der Waals surface area contributed by atoms with E-state index in [-0.39, 0.29) is 5.91 Å². The largest absolute Gasteiger partial charge is 0.473 e. The molecular weight excluding hydrogens is 446 g/mol. The lowest BCUT2D eigenvalue weighted by Gasteiger charge is -2.31. The highest BCUT2D eigenvalue weighted by atomic mass is 32.1. The molecule has 176 valence electrons. The molecule has 33 heavy (non-hydrogen) atoms. The predicted octanol–water partition coefficient (Wildman–Crippen LogP) is 2.62. The fourth-order valence-corrected chi connectivity index (χ4v) is 4.49. The minimum absolute atomic E-state index is 0.0271. The van der Waals surface area contributed by atoms with Crippen LogP contribution in [-0.4, -0.2) is 67.1 Å². The topological polar surface area (TPSA) is 138 Å². The van der Waals surface area contributed by atoms with E-state index in [0.717, 1.165) is 49.5 Å². The van der Waals surface area contributed by atoms with Crippen molar-refractivity contribution < 1.29 is 24.6 Å². The first-order valence-corrected chi connectivity index (χ1v) is 11.4. The first-order chi connectivity index (χ1) is 15.7. The SMILES string of the molecule is Cc1csc(NC(=O)CN2CCC(Cn3c(C)nc4ccccc43)CC2)n1.O=C(O)C(=O)O. The van der Waals surface area contributed by atoms with Gasteiger partial charge >= 0.3 is 11.9 Å². The summed E-state index contributed by atoms with van der Waals surface area (Å²) in [5.74, 6) is -1.91. The van der Waals surface area contributed by atoms with Crippen molar-refractivity contribution in [2.24, 2.45) is 5.92 Å². The van der Waals surface area contributed by atoms with Crippen LogP contribution in [-0.2, 0) is 20.9 Å². The van der Waals surface area contributed by atoms with E-state index in [9.17, 15) is 4.79 Å². The Labute approximate surface area is 194 Å². The van der Waals surface area contributed by atoms with Gasteiger partial charge in [0, 0.05) is 11.9 Å². The van der Waals surface area contributed by atoms with E-state index in [1.54, 1.807) is 0 Å². The zero-order chi connectivity index (χ0) is 24.0. The molecule has 1 saturated heterocycles. The Bertz CT molecular complexity index is 1120. The number of benzene rings is 1. The summed E-state index contributed by atoms with van der Waals surface area (Å²) in [5, 5.41) is 20.3. The smallest absolute Gasteiger partial charge is 0.414 e. The number of nitrogens with zero attached hydrogens (tertiary/aromatic N) is 4. The van der Waals surface area contributed by atoms with E-state index in [1.165, 1.54) is 16.9 Å². The Balaban J connectivity index is 0.000000454. The lowest BCUT2D eigenvalue weighted by atomic mass is 9.96. The number of nitrogens with one attached hydrogen (secondary N) is 1. The highest BCUT2D eigenvalue weighted by Gasteiger charge is 2.22. The van der Waals surface area contributed by atoms with Crippen LogP contribution in [0.5, 0.6) is 0 Å². The number of carbonyl (C=O) groups excluding carboxylic acids is 1. The number of carboxylic acid groups (broad SMARTS) is 2. The Morgan fingerprint density at radius 1 is 1.09 bits per heavy atom. The molecule has 2 aromatic heterocycles. The molecule has 11 heteroatoms. The van der Waals surface area contributed by atoms with Crippen molar-refractivity contribution in [2.75, 3.05) is 25.0 Å². The quantitative estimate of drug-likeness (QED) is 0.481. The van der Waals surface area contributed by atoms with Crippen molar-refractivity contribution in [3.05, 3.63) is 41.2 Å². The van der Waals surface area contributed by atoms with Crippen LogP contribution in [0.25, 0.3) is 11.0 Å².